The smallest absolute Gasteiger partial charge is 0.0735 e. The Hall–Kier alpha value is -0.0500. The van der Waals surface area contributed by atoms with Gasteiger partial charge in [-0.1, -0.05) is 71.4 Å². The zero-order valence-electron chi connectivity index (χ0n) is 10.6. The van der Waals surface area contributed by atoms with Gasteiger partial charge in [0.2, 0.25) is 0 Å². The molecule has 1 aromatic rings. The lowest BCUT2D eigenvalue weighted by Crippen LogP contribution is -2.25. The summed E-state index contributed by atoms with van der Waals surface area (Å²) < 4.78 is 6.07. The van der Waals surface area contributed by atoms with Gasteiger partial charge in [0.15, 0.2) is 0 Å². The van der Waals surface area contributed by atoms with Crippen molar-refractivity contribution in [1.29, 1.82) is 0 Å². The summed E-state index contributed by atoms with van der Waals surface area (Å²) in [6, 6.07) is 7.92. The first-order valence-corrected chi connectivity index (χ1v) is 8.06. The lowest BCUT2D eigenvalue weighted by Gasteiger charge is -2.25. The Labute approximate surface area is 123 Å². The highest BCUT2D eigenvalue weighted by atomic mass is 79.9. The second-order valence-corrected chi connectivity index (χ2v) is 6.53. The molecule has 1 saturated carbocycles. The second kappa shape index (κ2) is 7.52. The van der Waals surface area contributed by atoms with Gasteiger partial charge < -0.3 is 4.74 Å². The van der Waals surface area contributed by atoms with Crippen LogP contribution in [0.1, 0.15) is 44.1 Å². The fourth-order valence-corrected chi connectivity index (χ4v) is 3.34. The van der Waals surface area contributed by atoms with E-state index in [1.807, 2.05) is 24.3 Å². The maximum Gasteiger partial charge on any atom is 0.0735 e. The van der Waals surface area contributed by atoms with Crippen LogP contribution < -0.4 is 0 Å². The number of hydrogen-bond donors (Lipinski definition) is 0. The molecule has 0 heterocycles. The zero-order valence-corrected chi connectivity index (χ0v) is 12.9. The fourth-order valence-electron chi connectivity index (χ4n) is 2.41. The van der Waals surface area contributed by atoms with Crippen LogP contribution >= 0.6 is 27.5 Å². The highest BCUT2D eigenvalue weighted by Gasteiger charge is 2.21. The molecule has 0 radical (unpaired) electrons. The largest absolute Gasteiger partial charge is 0.372 e. The van der Waals surface area contributed by atoms with Crippen molar-refractivity contribution >= 4 is 27.5 Å². The summed E-state index contributed by atoms with van der Waals surface area (Å²) in [5.74, 6) is 0. The lowest BCUT2D eigenvalue weighted by molar-refractivity contribution is 0.0291. The fraction of sp³-hybridized carbons (Fsp3) is 0.600. The Balaban J connectivity index is 1.89. The highest BCUT2D eigenvalue weighted by Crippen LogP contribution is 2.27. The van der Waals surface area contributed by atoms with Crippen molar-refractivity contribution in [2.24, 2.45) is 0 Å². The van der Waals surface area contributed by atoms with Gasteiger partial charge in [0, 0.05) is 9.85 Å². The van der Waals surface area contributed by atoms with Crippen LogP contribution in [0.4, 0.5) is 0 Å². The Morgan fingerprint density at radius 1 is 1.11 bits per heavy atom. The third kappa shape index (κ3) is 4.25. The van der Waals surface area contributed by atoms with Crippen molar-refractivity contribution in [2.45, 2.75) is 56.1 Å². The molecule has 3 heteroatoms. The molecule has 100 valence electrons. The zero-order chi connectivity index (χ0) is 12.8. The molecule has 2 atom stereocenters. The molecule has 2 rings (SSSR count). The van der Waals surface area contributed by atoms with Crippen molar-refractivity contribution in [3.05, 3.63) is 34.9 Å². The van der Waals surface area contributed by atoms with E-state index in [-0.39, 0.29) is 0 Å². The van der Waals surface area contributed by atoms with E-state index in [9.17, 15) is 0 Å². The van der Waals surface area contributed by atoms with Crippen molar-refractivity contribution in [3.8, 4) is 0 Å². The van der Waals surface area contributed by atoms with Crippen LogP contribution in [0.3, 0.4) is 0 Å². The topological polar surface area (TPSA) is 9.23 Å². The molecule has 2 unspecified atom stereocenters. The monoisotopic (exact) mass is 330 g/mol. The van der Waals surface area contributed by atoms with Crippen LogP contribution in [0.2, 0.25) is 5.02 Å². The van der Waals surface area contributed by atoms with Crippen molar-refractivity contribution in [3.63, 3.8) is 0 Å². The molecular weight excluding hydrogens is 312 g/mol. The van der Waals surface area contributed by atoms with E-state index in [4.69, 9.17) is 16.3 Å². The van der Waals surface area contributed by atoms with Crippen LogP contribution in [0.5, 0.6) is 0 Å². The van der Waals surface area contributed by atoms with Gasteiger partial charge >= 0.3 is 0 Å². The Kier molecular flexibility index (Phi) is 6.00. The van der Waals surface area contributed by atoms with E-state index in [2.05, 4.69) is 15.9 Å². The average Bonchev–Trinajstić information content (AvgIpc) is 2.35. The van der Waals surface area contributed by atoms with E-state index in [1.54, 1.807) is 0 Å². The predicted molar refractivity (Wildman–Crippen MR) is 80.4 cm³/mol. The SMILES string of the molecule is Clc1ccccc1COC1CCCCCCC1Br. The third-order valence-corrected chi connectivity index (χ3v) is 4.95. The van der Waals surface area contributed by atoms with Crippen LogP contribution in [-0.4, -0.2) is 10.9 Å². The Bertz CT molecular complexity index is 369. The Morgan fingerprint density at radius 3 is 2.61 bits per heavy atom. The number of alkyl halides is 1. The summed E-state index contributed by atoms with van der Waals surface area (Å²) in [6.45, 7) is 0.617. The number of ether oxygens (including phenoxy) is 1. The molecule has 1 fully saturated rings. The van der Waals surface area contributed by atoms with E-state index >= 15 is 0 Å². The first kappa shape index (κ1) is 14.4. The molecular formula is C15H20BrClO. The average molecular weight is 332 g/mol. The molecule has 0 amide bonds. The number of halogens is 2. The van der Waals surface area contributed by atoms with E-state index in [0.717, 1.165) is 17.0 Å². The molecule has 0 saturated heterocycles. The van der Waals surface area contributed by atoms with E-state index in [1.165, 1.54) is 32.1 Å². The van der Waals surface area contributed by atoms with Crippen molar-refractivity contribution < 1.29 is 4.74 Å². The maximum absolute atomic E-state index is 6.14. The molecule has 0 spiro atoms. The van der Waals surface area contributed by atoms with Gasteiger partial charge in [0.05, 0.1) is 12.7 Å². The summed E-state index contributed by atoms with van der Waals surface area (Å²) in [6.07, 6.45) is 7.97. The minimum Gasteiger partial charge on any atom is -0.372 e. The van der Waals surface area contributed by atoms with Gasteiger partial charge in [-0.15, -0.1) is 0 Å². The molecule has 18 heavy (non-hydrogen) atoms. The van der Waals surface area contributed by atoms with Crippen LogP contribution in [0, 0.1) is 0 Å². The van der Waals surface area contributed by atoms with Gasteiger partial charge in [-0.25, -0.2) is 0 Å². The molecule has 1 aliphatic rings. The predicted octanol–water partition coefficient (Wildman–Crippen LogP) is 5.34. The van der Waals surface area contributed by atoms with Crippen LogP contribution in [0.15, 0.2) is 24.3 Å². The normalized spacial score (nSPS) is 25.4. The first-order chi connectivity index (χ1) is 8.77. The lowest BCUT2D eigenvalue weighted by atomic mass is 9.98. The molecule has 0 aliphatic heterocycles. The summed E-state index contributed by atoms with van der Waals surface area (Å²) in [4.78, 5) is 0.486. The molecule has 1 aromatic carbocycles. The highest BCUT2D eigenvalue weighted by molar-refractivity contribution is 9.09. The van der Waals surface area contributed by atoms with Gasteiger partial charge in [-0.05, 0) is 24.5 Å². The standard InChI is InChI=1S/C15H20BrClO/c16-13-8-3-1-2-4-10-15(13)18-11-12-7-5-6-9-14(12)17/h5-7,9,13,15H,1-4,8,10-11H2. The number of hydrogen-bond acceptors (Lipinski definition) is 1. The van der Waals surface area contributed by atoms with Gasteiger partial charge in [0.1, 0.15) is 0 Å². The minimum atomic E-state index is 0.321. The molecule has 0 N–H and O–H groups in total. The van der Waals surface area contributed by atoms with Crippen LogP contribution in [-0.2, 0) is 11.3 Å². The summed E-state index contributed by atoms with van der Waals surface area (Å²) >= 11 is 9.92. The molecule has 1 aliphatic carbocycles. The second-order valence-electron chi connectivity index (χ2n) is 4.95. The first-order valence-electron chi connectivity index (χ1n) is 6.76. The maximum atomic E-state index is 6.14. The van der Waals surface area contributed by atoms with Crippen LogP contribution in [0.25, 0.3) is 0 Å². The molecule has 0 aromatic heterocycles. The molecule has 0 bridgehead atoms. The van der Waals surface area contributed by atoms with Gasteiger partial charge in [-0.3, -0.25) is 0 Å². The Morgan fingerprint density at radius 2 is 1.83 bits per heavy atom. The summed E-state index contributed by atoms with van der Waals surface area (Å²) in [5, 5.41) is 0.800. The van der Waals surface area contributed by atoms with E-state index < -0.39 is 0 Å². The quantitative estimate of drug-likeness (QED) is 0.679. The third-order valence-electron chi connectivity index (χ3n) is 3.53. The molecule has 1 nitrogen and oxygen atoms in total. The summed E-state index contributed by atoms with van der Waals surface area (Å²) in [5.41, 5.74) is 1.08. The number of benzene rings is 1. The van der Waals surface area contributed by atoms with Crippen molar-refractivity contribution in [1.82, 2.24) is 0 Å². The van der Waals surface area contributed by atoms with Gasteiger partial charge in [0.25, 0.3) is 0 Å². The van der Waals surface area contributed by atoms with E-state index in [0.29, 0.717) is 17.5 Å². The van der Waals surface area contributed by atoms with Gasteiger partial charge in [-0.2, -0.15) is 0 Å². The summed E-state index contributed by atoms with van der Waals surface area (Å²) in [7, 11) is 0. The number of rotatable bonds is 3. The minimum absolute atomic E-state index is 0.321. The van der Waals surface area contributed by atoms with Crippen molar-refractivity contribution in [2.75, 3.05) is 0 Å².